The van der Waals surface area contributed by atoms with E-state index in [1.54, 1.807) is 24.3 Å². The molecular formula is C23H25ClN2O2S. The Morgan fingerprint density at radius 1 is 1.07 bits per heavy atom. The van der Waals surface area contributed by atoms with Gasteiger partial charge in [-0.1, -0.05) is 41.8 Å². The lowest BCUT2D eigenvalue weighted by molar-refractivity contribution is 0.512. The molecule has 6 heteroatoms. The summed E-state index contributed by atoms with van der Waals surface area (Å²) in [7, 11) is -3.69. The van der Waals surface area contributed by atoms with Gasteiger partial charge in [-0.2, -0.15) is 0 Å². The van der Waals surface area contributed by atoms with E-state index in [2.05, 4.69) is 16.9 Å². The molecule has 0 radical (unpaired) electrons. The highest BCUT2D eigenvalue weighted by Gasteiger charge is 2.22. The molecule has 29 heavy (non-hydrogen) atoms. The highest BCUT2D eigenvalue weighted by molar-refractivity contribution is 7.89. The van der Waals surface area contributed by atoms with E-state index in [0.29, 0.717) is 25.3 Å². The van der Waals surface area contributed by atoms with Crippen molar-refractivity contribution in [2.45, 2.75) is 37.5 Å². The number of fused-ring (bicyclic) bond motifs is 1. The molecule has 2 aromatic carbocycles. The molecule has 0 unspecified atom stereocenters. The van der Waals surface area contributed by atoms with E-state index in [1.165, 1.54) is 4.31 Å². The van der Waals surface area contributed by atoms with Gasteiger partial charge in [0.2, 0.25) is 0 Å². The van der Waals surface area contributed by atoms with Crippen molar-refractivity contribution >= 4 is 32.5 Å². The van der Waals surface area contributed by atoms with Crippen LogP contribution in [0.5, 0.6) is 0 Å². The molecule has 0 fully saturated rings. The number of hydrogen-bond donors (Lipinski definition) is 1. The summed E-state index contributed by atoms with van der Waals surface area (Å²) in [5.74, 6) is 3.60. The van der Waals surface area contributed by atoms with E-state index >= 15 is 0 Å². The lowest BCUT2D eigenvalue weighted by atomic mass is 10.1. The molecule has 4 nitrogen and oxygen atoms in total. The van der Waals surface area contributed by atoms with Crippen molar-refractivity contribution < 1.29 is 8.42 Å². The standard InChI is InChI=1S/C23H25ClN2O2S/c1-19-10-12-21(13-11-19)29(27,28)26(16-7-3-2-6-15-24)17-14-20-18-25-23-9-5-4-8-22(20)23/h4-5,8-13,18,25H,2-3,6,14-15,17H2,1H3. The summed E-state index contributed by atoms with van der Waals surface area (Å²) in [6.45, 7) is 2.22. The molecule has 0 atom stereocenters. The van der Waals surface area contributed by atoms with Gasteiger partial charge in [-0.05, 0) is 49.9 Å². The summed E-state index contributed by atoms with van der Waals surface area (Å²) in [6, 6.07) is 17.8. The molecule has 1 N–H and O–H groups in total. The number of unbranched alkanes of at least 4 members (excludes halogenated alkanes) is 2. The Morgan fingerprint density at radius 3 is 2.59 bits per heavy atom. The van der Waals surface area contributed by atoms with Crippen LogP contribution < -0.4 is 0 Å². The maximum atomic E-state index is 13.2. The first-order chi connectivity index (χ1) is 14.0. The van der Waals surface area contributed by atoms with Crippen LogP contribution in [-0.2, 0) is 16.4 Å². The molecule has 3 rings (SSSR count). The van der Waals surface area contributed by atoms with Crippen LogP contribution >= 0.6 is 11.6 Å². The molecule has 0 aliphatic rings. The normalized spacial score (nSPS) is 11.2. The minimum atomic E-state index is -3.69. The zero-order valence-electron chi connectivity index (χ0n) is 16.5. The SMILES string of the molecule is Cc1ccc(S(=O)(=O)N(C#CCCCCCl)CCc2c[nH]c3ccccc23)cc1. The summed E-state index contributed by atoms with van der Waals surface area (Å²) < 4.78 is 27.6. The number of aromatic nitrogens is 1. The van der Waals surface area contributed by atoms with Crippen molar-refractivity contribution in [2.24, 2.45) is 0 Å². The number of nitrogens with one attached hydrogen (secondary N) is 1. The average Bonchev–Trinajstić information content (AvgIpc) is 3.13. The molecule has 0 saturated heterocycles. The van der Waals surface area contributed by atoms with Crippen LogP contribution in [0.2, 0.25) is 0 Å². The van der Waals surface area contributed by atoms with Gasteiger partial charge in [0.25, 0.3) is 10.0 Å². The molecule has 0 bridgehead atoms. The zero-order valence-corrected chi connectivity index (χ0v) is 18.1. The fourth-order valence-corrected chi connectivity index (χ4v) is 4.53. The van der Waals surface area contributed by atoms with Crippen molar-refractivity contribution in [3.8, 4) is 12.0 Å². The maximum absolute atomic E-state index is 13.2. The Bertz CT molecular complexity index is 1110. The number of aryl methyl sites for hydroxylation is 1. The topological polar surface area (TPSA) is 53.2 Å². The first-order valence-corrected chi connectivity index (χ1v) is 11.7. The summed E-state index contributed by atoms with van der Waals surface area (Å²) >= 11 is 5.71. The number of aromatic amines is 1. The third kappa shape index (κ3) is 5.35. The second kappa shape index (κ2) is 9.87. The van der Waals surface area contributed by atoms with Crippen molar-refractivity contribution in [2.75, 3.05) is 12.4 Å². The zero-order chi connectivity index (χ0) is 20.7. The average molecular weight is 429 g/mol. The minimum absolute atomic E-state index is 0.261. The third-order valence-electron chi connectivity index (χ3n) is 4.76. The van der Waals surface area contributed by atoms with Crippen molar-refractivity contribution in [3.63, 3.8) is 0 Å². The van der Waals surface area contributed by atoms with E-state index in [0.717, 1.165) is 34.9 Å². The van der Waals surface area contributed by atoms with Crippen LogP contribution in [0.1, 0.15) is 30.4 Å². The van der Waals surface area contributed by atoms with Gasteiger partial charge in [-0.25, -0.2) is 12.7 Å². The largest absolute Gasteiger partial charge is 0.361 e. The van der Waals surface area contributed by atoms with E-state index in [9.17, 15) is 8.42 Å². The van der Waals surface area contributed by atoms with E-state index in [-0.39, 0.29) is 4.90 Å². The van der Waals surface area contributed by atoms with Crippen molar-refractivity contribution in [1.29, 1.82) is 0 Å². The number of halogens is 1. The van der Waals surface area contributed by atoms with Crippen LogP contribution in [0, 0.1) is 18.9 Å². The third-order valence-corrected chi connectivity index (χ3v) is 6.75. The van der Waals surface area contributed by atoms with Crippen LogP contribution in [0.3, 0.4) is 0 Å². The number of hydrogen-bond acceptors (Lipinski definition) is 2. The Balaban J connectivity index is 1.83. The molecular weight excluding hydrogens is 404 g/mol. The summed E-state index contributed by atoms with van der Waals surface area (Å²) in [6.07, 6.45) is 4.87. The second-order valence-corrected chi connectivity index (χ2v) is 9.17. The Labute approximate surface area is 177 Å². The van der Waals surface area contributed by atoms with Gasteiger partial charge in [0.15, 0.2) is 0 Å². The molecule has 0 amide bonds. The monoisotopic (exact) mass is 428 g/mol. The lowest BCUT2D eigenvalue weighted by Gasteiger charge is -2.18. The Morgan fingerprint density at radius 2 is 1.83 bits per heavy atom. The second-order valence-electron chi connectivity index (χ2n) is 6.93. The van der Waals surface area contributed by atoms with Crippen molar-refractivity contribution in [1.82, 2.24) is 9.29 Å². The van der Waals surface area contributed by atoms with Gasteiger partial charge < -0.3 is 4.98 Å². The smallest absolute Gasteiger partial charge is 0.270 e. The lowest BCUT2D eigenvalue weighted by Crippen LogP contribution is -2.28. The summed E-state index contributed by atoms with van der Waals surface area (Å²) in [5.41, 5.74) is 3.14. The first-order valence-electron chi connectivity index (χ1n) is 9.71. The fraction of sp³-hybridized carbons (Fsp3) is 0.304. The Hall–Kier alpha value is -2.42. The number of sulfonamides is 1. The maximum Gasteiger partial charge on any atom is 0.270 e. The summed E-state index contributed by atoms with van der Waals surface area (Å²) in [4.78, 5) is 3.50. The van der Waals surface area contributed by atoms with Gasteiger partial charge in [0, 0.05) is 42.0 Å². The summed E-state index contributed by atoms with van der Waals surface area (Å²) in [5, 5.41) is 1.11. The van der Waals surface area contributed by atoms with E-state index in [4.69, 9.17) is 11.6 Å². The number of nitrogens with zero attached hydrogens (tertiary/aromatic N) is 1. The number of H-pyrrole nitrogens is 1. The molecule has 0 saturated carbocycles. The van der Waals surface area contributed by atoms with Crippen LogP contribution in [0.4, 0.5) is 0 Å². The van der Waals surface area contributed by atoms with Gasteiger partial charge in [0.05, 0.1) is 4.90 Å². The molecule has 0 aliphatic heterocycles. The van der Waals surface area contributed by atoms with E-state index in [1.807, 2.05) is 37.4 Å². The van der Waals surface area contributed by atoms with Gasteiger partial charge in [-0.15, -0.1) is 11.6 Å². The highest BCUT2D eigenvalue weighted by atomic mass is 35.5. The predicted octanol–water partition coefficient (Wildman–Crippen LogP) is 5.08. The number of benzene rings is 2. The fourth-order valence-electron chi connectivity index (χ4n) is 3.09. The number of para-hydroxylation sites is 1. The van der Waals surface area contributed by atoms with Crippen LogP contribution in [0.25, 0.3) is 10.9 Å². The van der Waals surface area contributed by atoms with Crippen LogP contribution in [-0.4, -0.2) is 30.1 Å². The molecule has 1 aromatic heterocycles. The highest BCUT2D eigenvalue weighted by Crippen LogP contribution is 2.20. The minimum Gasteiger partial charge on any atom is -0.361 e. The predicted molar refractivity (Wildman–Crippen MR) is 119 cm³/mol. The van der Waals surface area contributed by atoms with Crippen molar-refractivity contribution in [3.05, 3.63) is 65.9 Å². The molecule has 0 aliphatic carbocycles. The molecule has 3 aromatic rings. The van der Waals surface area contributed by atoms with E-state index < -0.39 is 10.0 Å². The van der Waals surface area contributed by atoms with Crippen LogP contribution in [0.15, 0.2) is 59.6 Å². The van der Waals surface area contributed by atoms with Gasteiger partial charge >= 0.3 is 0 Å². The molecule has 1 heterocycles. The molecule has 0 spiro atoms. The number of alkyl halides is 1. The quantitative estimate of drug-likeness (QED) is 0.235. The van der Waals surface area contributed by atoms with Gasteiger partial charge in [0.1, 0.15) is 0 Å². The first kappa shape index (κ1) is 21.3. The van der Waals surface area contributed by atoms with Gasteiger partial charge in [-0.3, -0.25) is 0 Å². The molecule has 152 valence electrons. The Kier molecular flexibility index (Phi) is 7.24. The number of rotatable bonds is 8.